The topological polar surface area (TPSA) is 79.7 Å². The van der Waals surface area contributed by atoms with Crippen molar-refractivity contribution >= 4 is 23.0 Å². The van der Waals surface area contributed by atoms with Gasteiger partial charge in [0.1, 0.15) is 11.6 Å². The van der Waals surface area contributed by atoms with E-state index >= 15 is 0 Å². The number of anilines is 2. The normalized spacial score (nSPS) is 18.2. The van der Waals surface area contributed by atoms with Crippen LogP contribution >= 0.6 is 11.3 Å². The van der Waals surface area contributed by atoms with Crippen LogP contribution in [0.5, 0.6) is 0 Å². The molecule has 4 rings (SSSR count). The van der Waals surface area contributed by atoms with Gasteiger partial charge in [0.05, 0.1) is 29.8 Å². The third-order valence-corrected chi connectivity index (χ3v) is 5.04. The molecule has 0 aromatic carbocycles. The molecule has 1 atom stereocenters. The zero-order valence-electron chi connectivity index (χ0n) is 13.7. The highest BCUT2D eigenvalue weighted by molar-refractivity contribution is 7.09. The second kappa shape index (κ2) is 7.62. The van der Waals surface area contributed by atoms with Crippen LogP contribution < -0.4 is 5.32 Å². The molecule has 3 aromatic heterocycles. The molecule has 0 aliphatic carbocycles. The predicted octanol–water partition coefficient (Wildman–Crippen LogP) is 2.85. The van der Waals surface area contributed by atoms with Crippen molar-refractivity contribution in [3.05, 3.63) is 53.3 Å². The van der Waals surface area contributed by atoms with Crippen LogP contribution in [0.3, 0.4) is 0 Å². The number of piperidine rings is 1. The molecule has 0 saturated carbocycles. The van der Waals surface area contributed by atoms with E-state index in [1.807, 2.05) is 17.9 Å². The summed E-state index contributed by atoms with van der Waals surface area (Å²) in [7, 11) is 0. The van der Waals surface area contributed by atoms with Gasteiger partial charge in [0.25, 0.3) is 0 Å². The van der Waals surface area contributed by atoms with Crippen LogP contribution in [0, 0.1) is 0 Å². The minimum absolute atomic E-state index is 0.430. The van der Waals surface area contributed by atoms with Crippen molar-refractivity contribution in [3.8, 4) is 0 Å². The van der Waals surface area contributed by atoms with Crippen LogP contribution in [0.15, 0.2) is 42.7 Å². The van der Waals surface area contributed by atoms with Gasteiger partial charge < -0.3 is 5.32 Å². The molecule has 7 nitrogen and oxygen atoms in total. The number of hydrogen-bond acceptors (Lipinski definition) is 8. The first-order valence-corrected chi connectivity index (χ1v) is 9.19. The fourth-order valence-corrected chi connectivity index (χ4v) is 3.73. The number of likely N-dealkylation sites (tertiary alicyclic amines) is 1. The smallest absolute Gasteiger partial charge is 0.150 e. The molecule has 1 unspecified atom stereocenters. The number of rotatable bonds is 5. The van der Waals surface area contributed by atoms with Crippen molar-refractivity contribution in [2.45, 2.75) is 25.3 Å². The zero-order valence-corrected chi connectivity index (χ0v) is 14.6. The van der Waals surface area contributed by atoms with E-state index < -0.39 is 0 Å². The quantitative estimate of drug-likeness (QED) is 0.755. The molecule has 128 valence electrons. The summed E-state index contributed by atoms with van der Waals surface area (Å²) in [6.07, 6.45) is 12.9. The number of nitrogens with one attached hydrogen (secondary N) is 1. The Balaban J connectivity index is 1.39. The first kappa shape index (κ1) is 16.0. The Bertz CT molecular complexity index is 777. The maximum absolute atomic E-state index is 4.62. The summed E-state index contributed by atoms with van der Waals surface area (Å²) in [5.74, 6) is 1.78. The van der Waals surface area contributed by atoms with Crippen molar-refractivity contribution in [1.82, 2.24) is 29.8 Å². The van der Waals surface area contributed by atoms with Gasteiger partial charge in [-0.05, 0) is 19.4 Å². The molecule has 1 saturated heterocycles. The van der Waals surface area contributed by atoms with Gasteiger partial charge in [0.15, 0.2) is 0 Å². The Kier molecular flexibility index (Phi) is 4.89. The van der Waals surface area contributed by atoms with Crippen molar-refractivity contribution < 1.29 is 0 Å². The Morgan fingerprint density at radius 2 is 2.00 bits per heavy atom. The minimum atomic E-state index is 0.430. The fraction of sp³-hybridized carbons (Fsp3) is 0.353. The van der Waals surface area contributed by atoms with E-state index in [4.69, 9.17) is 0 Å². The Hall–Kier alpha value is -2.45. The molecule has 1 N–H and O–H groups in total. The summed E-state index contributed by atoms with van der Waals surface area (Å²) in [4.78, 5) is 25.3. The second-order valence-corrected chi connectivity index (χ2v) is 7.06. The molecular formula is C17H19N7S. The van der Waals surface area contributed by atoms with Crippen molar-refractivity contribution in [1.29, 1.82) is 0 Å². The van der Waals surface area contributed by atoms with E-state index in [1.165, 1.54) is 11.3 Å². The second-order valence-electron chi connectivity index (χ2n) is 6.08. The van der Waals surface area contributed by atoms with Crippen molar-refractivity contribution in [2.24, 2.45) is 0 Å². The molecule has 25 heavy (non-hydrogen) atoms. The summed E-state index contributed by atoms with van der Waals surface area (Å²) in [5, 5.41) is 3.11. The third kappa shape index (κ3) is 4.15. The molecule has 0 bridgehead atoms. The molecular weight excluding hydrogens is 334 g/mol. The van der Waals surface area contributed by atoms with E-state index in [0.29, 0.717) is 17.6 Å². The van der Waals surface area contributed by atoms with E-state index in [9.17, 15) is 0 Å². The van der Waals surface area contributed by atoms with Crippen LogP contribution in [-0.4, -0.2) is 42.9 Å². The van der Waals surface area contributed by atoms with Gasteiger partial charge in [-0.25, -0.2) is 9.97 Å². The molecule has 8 heteroatoms. The lowest BCUT2D eigenvalue weighted by Gasteiger charge is -2.31. The third-order valence-electron chi connectivity index (χ3n) is 4.28. The first-order chi connectivity index (χ1) is 12.4. The summed E-state index contributed by atoms with van der Waals surface area (Å²) >= 11 is 1.72. The standard InChI is InChI=1S/C17H19N7S/c1-2-13(10-24(5-1)11-14-6-19-12-25-14)15-7-22-17(9-21-15)23-16-8-18-3-4-20-16/h3-4,6-9,12-13H,1-2,5,10-11H2,(H,20,22,23). The molecule has 1 fully saturated rings. The van der Waals surface area contributed by atoms with E-state index in [2.05, 4.69) is 35.1 Å². The average Bonchev–Trinajstić information content (AvgIpc) is 3.16. The van der Waals surface area contributed by atoms with Gasteiger partial charge in [-0.3, -0.25) is 19.9 Å². The van der Waals surface area contributed by atoms with Gasteiger partial charge in [0, 0.05) is 42.5 Å². The summed E-state index contributed by atoms with van der Waals surface area (Å²) in [6.45, 7) is 3.12. The zero-order chi connectivity index (χ0) is 16.9. The average molecular weight is 353 g/mol. The Morgan fingerprint density at radius 3 is 2.76 bits per heavy atom. The van der Waals surface area contributed by atoms with E-state index in [-0.39, 0.29) is 0 Å². The molecule has 3 aromatic rings. The molecule has 0 amide bonds. The largest absolute Gasteiger partial charge is 0.322 e. The summed E-state index contributed by atoms with van der Waals surface area (Å²) < 4.78 is 0. The summed E-state index contributed by atoms with van der Waals surface area (Å²) in [6, 6.07) is 0. The molecule has 1 aliphatic rings. The first-order valence-electron chi connectivity index (χ1n) is 8.31. The SMILES string of the molecule is c1cnc(Nc2cnc(C3CCCN(Cc4cncs4)C3)cn2)cn1. The lowest BCUT2D eigenvalue weighted by molar-refractivity contribution is 0.200. The molecule has 4 heterocycles. The molecule has 1 aliphatic heterocycles. The number of aromatic nitrogens is 5. The number of thiazole rings is 1. The highest BCUT2D eigenvalue weighted by Crippen LogP contribution is 2.27. The molecule has 0 radical (unpaired) electrons. The number of nitrogens with zero attached hydrogens (tertiary/aromatic N) is 6. The summed E-state index contributed by atoms with van der Waals surface area (Å²) in [5.41, 5.74) is 2.95. The maximum atomic E-state index is 4.62. The van der Waals surface area contributed by atoms with Crippen LogP contribution in [0.25, 0.3) is 0 Å². The van der Waals surface area contributed by atoms with Crippen molar-refractivity contribution in [2.75, 3.05) is 18.4 Å². The van der Waals surface area contributed by atoms with Gasteiger partial charge >= 0.3 is 0 Å². The van der Waals surface area contributed by atoms with Gasteiger partial charge in [-0.15, -0.1) is 11.3 Å². The highest BCUT2D eigenvalue weighted by atomic mass is 32.1. The van der Waals surface area contributed by atoms with Gasteiger partial charge in [-0.1, -0.05) is 0 Å². The van der Waals surface area contributed by atoms with Crippen LogP contribution in [0.1, 0.15) is 29.3 Å². The maximum Gasteiger partial charge on any atom is 0.150 e. The monoisotopic (exact) mass is 353 g/mol. The lowest BCUT2D eigenvalue weighted by Crippen LogP contribution is -2.34. The Morgan fingerprint density at radius 1 is 1.04 bits per heavy atom. The predicted molar refractivity (Wildman–Crippen MR) is 96.7 cm³/mol. The van der Waals surface area contributed by atoms with Gasteiger partial charge in [0.2, 0.25) is 0 Å². The minimum Gasteiger partial charge on any atom is -0.322 e. The number of hydrogen-bond donors (Lipinski definition) is 1. The van der Waals surface area contributed by atoms with Crippen LogP contribution in [-0.2, 0) is 6.54 Å². The van der Waals surface area contributed by atoms with Crippen LogP contribution in [0.2, 0.25) is 0 Å². The van der Waals surface area contributed by atoms with E-state index in [1.54, 1.807) is 36.1 Å². The lowest BCUT2D eigenvalue weighted by atomic mass is 9.95. The van der Waals surface area contributed by atoms with Gasteiger partial charge in [-0.2, -0.15) is 0 Å². The fourth-order valence-electron chi connectivity index (χ4n) is 3.09. The van der Waals surface area contributed by atoms with Crippen molar-refractivity contribution in [3.63, 3.8) is 0 Å². The highest BCUT2D eigenvalue weighted by Gasteiger charge is 2.23. The van der Waals surface area contributed by atoms with Crippen LogP contribution in [0.4, 0.5) is 11.6 Å². The Labute approximate surface area is 150 Å². The molecule has 0 spiro atoms. The van der Waals surface area contributed by atoms with E-state index in [0.717, 1.165) is 31.7 Å².